The predicted molar refractivity (Wildman–Crippen MR) is 63.7 cm³/mol. The lowest BCUT2D eigenvalue weighted by atomic mass is 9.88. The molecule has 1 aromatic rings. The molecular weight excluding hydrogens is 274 g/mol. The highest BCUT2D eigenvalue weighted by molar-refractivity contribution is 9.10. The Kier molecular flexibility index (Phi) is 4.29. The van der Waals surface area contributed by atoms with Gasteiger partial charge in [-0.05, 0) is 21.8 Å². The van der Waals surface area contributed by atoms with E-state index in [1.807, 2.05) is 13.8 Å². The average Bonchev–Trinajstić information content (AvgIpc) is 2.19. The molecule has 0 bridgehead atoms. The Morgan fingerprint density at radius 2 is 2.12 bits per heavy atom. The van der Waals surface area contributed by atoms with E-state index in [2.05, 4.69) is 20.9 Å². The average molecular weight is 288 g/mol. The highest BCUT2D eigenvalue weighted by Gasteiger charge is 2.28. The van der Waals surface area contributed by atoms with Crippen LogP contribution in [0.4, 0.5) is 0 Å². The molecule has 1 aromatic heterocycles. The van der Waals surface area contributed by atoms with E-state index in [4.69, 9.17) is 4.74 Å². The van der Waals surface area contributed by atoms with Crippen LogP contribution in [0.3, 0.4) is 0 Å². The van der Waals surface area contributed by atoms with Gasteiger partial charge in [0, 0.05) is 16.2 Å². The molecule has 0 aliphatic carbocycles. The molecule has 0 saturated carbocycles. The second-order valence-electron chi connectivity index (χ2n) is 3.80. The second-order valence-corrected chi connectivity index (χ2v) is 4.65. The van der Waals surface area contributed by atoms with Gasteiger partial charge in [-0.25, -0.2) is 0 Å². The Morgan fingerprint density at radius 3 is 2.56 bits per heavy atom. The predicted octanol–water partition coefficient (Wildman–Crippen LogP) is 2.68. The number of rotatable bonds is 4. The molecule has 88 valence electrons. The van der Waals surface area contributed by atoms with E-state index in [-0.39, 0.29) is 5.92 Å². The quantitative estimate of drug-likeness (QED) is 0.925. The smallest absolute Gasteiger partial charge is 0.311 e. The summed E-state index contributed by atoms with van der Waals surface area (Å²) in [6, 6.07) is 0. The normalized spacial score (nSPS) is 12.6. The maximum atomic E-state index is 11.3. The van der Waals surface area contributed by atoms with Gasteiger partial charge < -0.3 is 9.84 Å². The first-order valence-corrected chi connectivity index (χ1v) is 5.68. The van der Waals surface area contributed by atoms with Gasteiger partial charge in [-0.3, -0.25) is 9.78 Å². The molecule has 0 aromatic carbocycles. The largest absolute Gasteiger partial charge is 0.495 e. The molecule has 0 saturated heterocycles. The summed E-state index contributed by atoms with van der Waals surface area (Å²) in [5.41, 5.74) is 0.639. The number of aliphatic carboxylic acids is 1. The standard InChI is InChI=1S/C11H14BrNO3/c1-6(2)9(11(14)15)10-7(12)4-13-5-8(10)16-3/h4-6,9H,1-3H3,(H,14,15). The molecule has 0 spiro atoms. The van der Waals surface area contributed by atoms with Crippen LogP contribution in [0.25, 0.3) is 0 Å². The maximum Gasteiger partial charge on any atom is 0.311 e. The minimum absolute atomic E-state index is 0.0231. The third-order valence-corrected chi connectivity index (χ3v) is 3.00. The number of hydrogen-bond donors (Lipinski definition) is 1. The molecular formula is C11H14BrNO3. The molecule has 0 aliphatic rings. The first kappa shape index (κ1) is 13.0. The number of carboxylic acids is 1. The van der Waals surface area contributed by atoms with Crippen LogP contribution in [-0.2, 0) is 4.79 Å². The Morgan fingerprint density at radius 1 is 1.50 bits per heavy atom. The molecule has 4 nitrogen and oxygen atoms in total. The molecule has 1 rings (SSSR count). The van der Waals surface area contributed by atoms with Crippen molar-refractivity contribution in [3.63, 3.8) is 0 Å². The highest BCUT2D eigenvalue weighted by Crippen LogP contribution is 2.36. The Labute approximate surface area is 103 Å². The molecule has 1 unspecified atom stereocenters. The fraction of sp³-hybridized carbons (Fsp3) is 0.455. The molecule has 1 N–H and O–H groups in total. The molecule has 0 amide bonds. The number of methoxy groups -OCH3 is 1. The monoisotopic (exact) mass is 287 g/mol. The van der Waals surface area contributed by atoms with E-state index in [9.17, 15) is 9.90 Å². The Balaban J connectivity index is 3.33. The molecule has 0 fully saturated rings. The second kappa shape index (κ2) is 5.30. The van der Waals surface area contributed by atoms with Crippen molar-refractivity contribution in [1.82, 2.24) is 4.98 Å². The van der Waals surface area contributed by atoms with E-state index >= 15 is 0 Å². The number of nitrogens with zero attached hydrogens (tertiary/aromatic N) is 1. The number of carboxylic acid groups (broad SMARTS) is 1. The Hall–Kier alpha value is -1.10. The molecule has 16 heavy (non-hydrogen) atoms. The van der Waals surface area contributed by atoms with Crippen molar-refractivity contribution in [2.45, 2.75) is 19.8 Å². The fourth-order valence-electron chi connectivity index (χ4n) is 1.63. The summed E-state index contributed by atoms with van der Waals surface area (Å²) < 4.78 is 5.81. The first-order chi connectivity index (χ1) is 7.49. The SMILES string of the molecule is COc1cncc(Br)c1C(C(=O)O)C(C)C. The van der Waals surface area contributed by atoms with Crippen LogP contribution in [0.15, 0.2) is 16.9 Å². The van der Waals surface area contributed by atoms with Crippen LogP contribution in [-0.4, -0.2) is 23.2 Å². The van der Waals surface area contributed by atoms with Crippen molar-refractivity contribution in [3.8, 4) is 5.75 Å². The highest BCUT2D eigenvalue weighted by atomic mass is 79.9. The maximum absolute atomic E-state index is 11.3. The van der Waals surface area contributed by atoms with Crippen molar-refractivity contribution in [2.24, 2.45) is 5.92 Å². The van der Waals surface area contributed by atoms with Gasteiger partial charge in [-0.1, -0.05) is 13.8 Å². The summed E-state index contributed by atoms with van der Waals surface area (Å²) in [4.78, 5) is 15.2. The van der Waals surface area contributed by atoms with E-state index < -0.39 is 11.9 Å². The lowest BCUT2D eigenvalue weighted by molar-refractivity contribution is -0.139. The zero-order valence-corrected chi connectivity index (χ0v) is 11.0. The fourth-order valence-corrected chi connectivity index (χ4v) is 2.19. The van der Waals surface area contributed by atoms with Crippen LogP contribution in [0.1, 0.15) is 25.3 Å². The summed E-state index contributed by atoms with van der Waals surface area (Å²) in [6.07, 6.45) is 3.11. The van der Waals surface area contributed by atoms with Crippen molar-refractivity contribution in [1.29, 1.82) is 0 Å². The summed E-state index contributed by atoms with van der Waals surface area (Å²) in [6.45, 7) is 3.73. The van der Waals surface area contributed by atoms with Gasteiger partial charge in [0.2, 0.25) is 0 Å². The van der Waals surface area contributed by atoms with E-state index in [0.29, 0.717) is 15.8 Å². The number of ether oxygens (including phenoxy) is 1. The van der Waals surface area contributed by atoms with Gasteiger partial charge in [0.05, 0.1) is 19.2 Å². The zero-order chi connectivity index (χ0) is 12.3. The summed E-state index contributed by atoms with van der Waals surface area (Å²) >= 11 is 3.32. The number of pyridine rings is 1. The van der Waals surface area contributed by atoms with Crippen molar-refractivity contribution in [2.75, 3.05) is 7.11 Å². The summed E-state index contributed by atoms with van der Waals surface area (Å²) in [5, 5.41) is 9.24. The van der Waals surface area contributed by atoms with Gasteiger partial charge in [0.25, 0.3) is 0 Å². The molecule has 0 aliphatic heterocycles. The van der Waals surface area contributed by atoms with Crippen LogP contribution in [0.2, 0.25) is 0 Å². The third kappa shape index (κ3) is 2.52. The van der Waals surface area contributed by atoms with Gasteiger partial charge in [0.1, 0.15) is 5.75 Å². The van der Waals surface area contributed by atoms with Crippen LogP contribution < -0.4 is 4.74 Å². The molecule has 1 atom stereocenters. The van der Waals surface area contributed by atoms with Gasteiger partial charge in [-0.2, -0.15) is 0 Å². The number of halogens is 1. The molecule has 1 heterocycles. The van der Waals surface area contributed by atoms with Crippen LogP contribution in [0, 0.1) is 5.92 Å². The van der Waals surface area contributed by atoms with E-state index in [1.165, 1.54) is 13.3 Å². The third-order valence-electron chi connectivity index (χ3n) is 2.37. The van der Waals surface area contributed by atoms with E-state index in [1.54, 1.807) is 6.20 Å². The van der Waals surface area contributed by atoms with Gasteiger partial charge >= 0.3 is 5.97 Å². The van der Waals surface area contributed by atoms with Crippen molar-refractivity contribution >= 4 is 21.9 Å². The van der Waals surface area contributed by atoms with Gasteiger partial charge in [0.15, 0.2) is 0 Å². The summed E-state index contributed by atoms with van der Waals surface area (Å²) in [5.74, 6) is -0.993. The number of aromatic nitrogens is 1. The zero-order valence-electron chi connectivity index (χ0n) is 9.40. The minimum Gasteiger partial charge on any atom is -0.495 e. The number of carbonyl (C=O) groups is 1. The topological polar surface area (TPSA) is 59.4 Å². The van der Waals surface area contributed by atoms with Crippen LogP contribution in [0.5, 0.6) is 5.75 Å². The van der Waals surface area contributed by atoms with Gasteiger partial charge in [-0.15, -0.1) is 0 Å². The molecule has 0 radical (unpaired) electrons. The Bertz CT molecular complexity index is 393. The lowest BCUT2D eigenvalue weighted by Gasteiger charge is -2.20. The molecule has 5 heteroatoms. The van der Waals surface area contributed by atoms with Crippen molar-refractivity contribution in [3.05, 3.63) is 22.4 Å². The van der Waals surface area contributed by atoms with Crippen molar-refractivity contribution < 1.29 is 14.6 Å². The first-order valence-electron chi connectivity index (χ1n) is 4.89. The lowest BCUT2D eigenvalue weighted by Crippen LogP contribution is -2.19. The van der Waals surface area contributed by atoms with Crippen LogP contribution >= 0.6 is 15.9 Å². The summed E-state index contributed by atoms with van der Waals surface area (Å²) in [7, 11) is 1.51. The number of hydrogen-bond acceptors (Lipinski definition) is 3. The van der Waals surface area contributed by atoms with E-state index in [0.717, 1.165) is 0 Å². The minimum atomic E-state index is -0.861.